The molecule has 0 radical (unpaired) electrons. The van der Waals surface area contributed by atoms with Crippen LogP contribution in [0.1, 0.15) is 13.0 Å². The molecule has 1 heterocycles. The maximum atomic E-state index is 12.1. The van der Waals surface area contributed by atoms with Crippen LogP contribution in [0.3, 0.4) is 0 Å². The molecule has 1 aromatic carbocycles. The third-order valence-electron chi connectivity index (χ3n) is 2.71. The maximum absolute atomic E-state index is 12.1. The van der Waals surface area contributed by atoms with Crippen molar-refractivity contribution in [2.75, 3.05) is 11.9 Å². The van der Waals surface area contributed by atoms with Gasteiger partial charge in [-0.05, 0) is 19.1 Å². The summed E-state index contributed by atoms with van der Waals surface area (Å²) in [6.07, 6.45) is 2.78. The number of aliphatic carboxylic acids is 1. The third-order valence-corrected chi connectivity index (χ3v) is 2.71. The molecule has 0 spiro atoms. The molecule has 1 aromatic heterocycles. The van der Waals surface area contributed by atoms with Gasteiger partial charge in [0.25, 0.3) is 0 Å². The van der Waals surface area contributed by atoms with Gasteiger partial charge in [0.15, 0.2) is 6.61 Å². The lowest BCUT2D eigenvalue weighted by Crippen LogP contribution is -2.24. The second kappa shape index (κ2) is 6.51. The Morgan fingerprint density at radius 2 is 2.19 bits per heavy atom. The van der Waals surface area contributed by atoms with E-state index in [9.17, 15) is 9.59 Å². The van der Waals surface area contributed by atoms with E-state index in [1.807, 2.05) is 0 Å². The van der Waals surface area contributed by atoms with Crippen LogP contribution in [0.2, 0.25) is 0 Å². The van der Waals surface area contributed by atoms with Crippen molar-refractivity contribution in [1.82, 2.24) is 14.8 Å². The average Bonchev–Trinajstić information content (AvgIpc) is 2.99. The molecular formula is C13H14N4O4. The van der Waals surface area contributed by atoms with Gasteiger partial charge in [-0.2, -0.15) is 5.10 Å². The highest BCUT2D eigenvalue weighted by atomic mass is 16.5. The zero-order chi connectivity index (χ0) is 15.2. The zero-order valence-electron chi connectivity index (χ0n) is 11.3. The van der Waals surface area contributed by atoms with E-state index < -0.39 is 18.6 Å². The first-order valence-corrected chi connectivity index (χ1v) is 6.16. The summed E-state index contributed by atoms with van der Waals surface area (Å²) in [6, 6.07) is 6.05. The Kier molecular flexibility index (Phi) is 4.50. The molecule has 8 heteroatoms. The van der Waals surface area contributed by atoms with Gasteiger partial charge in [-0.15, -0.1) is 0 Å². The first-order valence-electron chi connectivity index (χ1n) is 6.16. The fourth-order valence-corrected chi connectivity index (χ4v) is 1.61. The van der Waals surface area contributed by atoms with Crippen LogP contribution in [-0.2, 0) is 9.59 Å². The second-order valence-electron chi connectivity index (χ2n) is 4.22. The Balaban J connectivity index is 2.08. The van der Waals surface area contributed by atoms with E-state index in [2.05, 4.69) is 15.4 Å². The largest absolute Gasteiger partial charge is 0.480 e. The predicted molar refractivity (Wildman–Crippen MR) is 72.9 cm³/mol. The number of carboxylic acids is 1. The molecule has 0 aliphatic heterocycles. The normalized spacial score (nSPS) is 11.7. The quantitative estimate of drug-likeness (QED) is 0.820. The standard InChI is InChI=1S/C13H14N4O4/c1-9(17-8-14-7-15-17)13(20)16-10-4-2-3-5-11(10)21-6-12(18)19/h2-5,7-9H,6H2,1H3,(H,16,20)(H,18,19). The van der Waals surface area contributed by atoms with E-state index >= 15 is 0 Å². The number of carbonyl (C=O) groups excluding carboxylic acids is 1. The lowest BCUT2D eigenvalue weighted by atomic mass is 10.2. The number of aromatic nitrogens is 3. The molecule has 0 aliphatic carbocycles. The van der Waals surface area contributed by atoms with E-state index in [-0.39, 0.29) is 5.91 Å². The summed E-state index contributed by atoms with van der Waals surface area (Å²) in [4.78, 5) is 26.4. The van der Waals surface area contributed by atoms with E-state index in [0.29, 0.717) is 11.4 Å². The van der Waals surface area contributed by atoms with E-state index in [1.54, 1.807) is 31.2 Å². The highest BCUT2D eigenvalue weighted by Gasteiger charge is 2.17. The molecule has 1 amide bonds. The number of ether oxygens (including phenoxy) is 1. The summed E-state index contributed by atoms with van der Waals surface area (Å²) >= 11 is 0. The minimum Gasteiger partial charge on any atom is -0.480 e. The van der Waals surface area contributed by atoms with Gasteiger partial charge < -0.3 is 15.2 Å². The van der Waals surface area contributed by atoms with Crippen molar-refractivity contribution in [3.8, 4) is 5.75 Å². The molecule has 0 saturated carbocycles. The predicted octanol–water partition coefficient (Wildman–Crippen LogP) is 0.941. The SMILES string of the molecule is CC(C(=O)Nc1ccccc1OCC(=O)O)n1cncn1. The van der Waals surface area contributed by atoms with Gasteiger partial charge in [0.1, 0.15) is 24.4 Å². The van der Waals surface area contributed by atoms with Crippen LogP contribution in [-0.4, -0.2) is 38.4 Å². The van der Waals surface area contributed by atoms with E-state index in [4.69, 9.17) is 9.84 Å². The number of anilines is 1. The zero-order valence-corrected chi connectivity index (χ0v) is 11.3. The van der Waals surface area contributed by atoms with Crippen molar-refractivity contribution in [1.29, 1.82) is 0 Å². The molecule has 110 valence electrons. The molecule has 8 nitrogen and oxygen atoms in total. The van der Waals surface area contributed by atoms with Crippen molar-refractivity contribution >= 4 is 17.6 Å². The molecule has 0 aliphatic rings. The summed E-state index contributed by atoms with van der Waals surface area (Å²) in [5, 5.41) is 15.2. The smallest absolute Gasteiger partial charge is 0.341 e. The van der Waals surface area contributed by atoms with Crippen LogP contribution in [0.15, 0.2) is 36.9 Å². The Hall–Kier alpha value is -2.90. The van der Waals surface area contributed by atoms with Crippen molar-refractivity contribution in [2.24, 2.45) is 0 Å². The van der Waals surface area contributed by atoms with Gasteiger partial charge in [0.05, 0.1) is 5.69 Å². The molecule has 0 fully saturated rings. The number of hydrogen-bond acceptors (Lipinski definition) is 5. The molecule has 1 atom stereocenters. The Morgan fingerprint density at radius 1 is 1.43 bits per heavy atom. The molecule has 1 unspecified atom stereocenters. The summed E-state index contributed by atoms with van der Waals surface area (Å²) < 4.78 is 6.53. The topological polar surface area (TPSA) is 106 Å². The van der Waals surface area contributed by atoms with Gasteiger partial charge in [-0.25, -0.2) is 14.5 Å². The minimum absolute atomic E-state index is 0.291. The first-order chi connectivity index (χ1) is 10.1. The lowest BCUT2D eigenvalue weighted by Gasteiger charge is -2.14. The first kappa shape index (κ1) is 14.5. The molecule has 2 N–H and O–H groups in total. The van der Waals surface area contributed by atoms with Crippen molar-refractivity contribution < 1.29 is 19.4 Å². The maximum Gasteiger partial charge on any atom is 0.341 e. The van der Waals surface area contributed by atoms with E-state index in [0.717, 1.165) is 0 Å². The van der Waals surface area contributed by atoms with E-state index in [1.165, 1.54) is 17.3 Å². The van der Waals surface area contributed by atoms with Crippen molar-refractivity contribution in [3.63, 3.8) is 0 Å². The van der Waals surface area contributed by atoms with Gasteiger partial charge in [0, 0.05) is 0 Å². The van der Waals surface area contributed by atoms with Crippen molar-refractivity contribution in [3.05, 3.63) is 36.9 Å². The number of nitrogens with zero attached hydrogens (tertiary/aromatic N) is 3. The van der Waals surface area contributed by atoms with Crippen LogP contribution in [0, 0.1) is 0 Å². The number of benzene rings is 1. The van der Waals surface area contributed by atoms with Crippen molar-refractivity contribution in [2.45, 2.75) is 13.0 Å². The van der Waals surface area contributed by atoms with Crippen LogP contribution in [0.25, 0.3) is 0 Å². The molecule has 0 saturated heterocycles. The Morgan fingerprint density at radius 3 is 2.86 bits per heavy atom. The van der Waals surface area contributed by atoms with Gasteiger partial charge in [-0.3, -0.25) is 4.79 Å². The minimum atomic E-state index is -1.09. The van der Waals surface area contributed by atoms with Crippen LogP contribution < -0.4 is 10.1 Å². The molecule has 2 aromatic rings. The second-order valence-corrected chi connectivity index (χ2v) is 4.22. The fraction of sp³-hybridized carbons (Fsp3) is 0.231. The van der Waals surface area contributed by atoms with Gasteiger partial charge in [-0.1, -0.05) is 12.1 Å². The van der Waals surface area contributed by atoms with Crippen LogP contribution in [0.5, 0.6) is 5.75 Å². The van der Waals surface area contributed by atoms with Gasteiger partial charge in [0.2, 0.25) is 5.91 Å². The number of carbonyl (C=O) groups is 2. The number of hydrogen-bond donors (Lipinski definition) is 2. The summed E-state index contributed by atoms with van der Waals surface area (Å²) in [5.41, 5.74) is 0.399. The molecular weight excluding hydrogens is 276 g/mol. The third kappa shape index (κ3) is 3.78. The molecule has 2 rings (SSSR count). The average molecular weight is 290 g/mol. The number of carboxylic acid groups (broad SMARTS) is 1. The highest BCUT2D eigenvalue weighted by molar-refractivity contribution is 5.94. The molecule has 0 bridgehead atoms. The summed E-state index contributed by atoms with van der Waals surface area (Å²) in [7, 11) is 0. The number of rotatable bonds is 6. The fourth-order valence-electron chi connectivity index (χ4n) is 1.61. The van der Waals surface area contributed by atoms with Gasteiger partial charge >= 0.3 is 5.97 Å². The van der Waals surface area contributed by atoms with Crippen LogP contribution >= 0.6 is 0 Å². The summed E-state index contributed by atoms with van der Waals surface area (Å²) in [6.45, 7) is 1.19. The Bertz CT molecular complexity index is 627. The number of nitrogens with one attached hydrogen (secondary N) is 1. The summed E-state index contributed by atoms with van der Waals surface area (Å²) in [5.74, 6) is -1.11. The highest BCUT2D eigenvalue weighted by Crippen LogP contribution is 2.24. The van der Waals surface area contributed by atoms with Crippen LogP contribution in [0.4, 0.5) is 5.69 Å². The number of para-hydroxylation sites is 2. The molecule has 21 heavy (non-hydrogen) atoms. The monoisotopic (exact) mass is 290 g/mol. The number of amides is 1. The Labute approximate surface area is 120 Å². The lowest BCUT2D eigenvalue weighted by molar-refractivity contribution is -0.139.